The molecule has 0 spiro atoms. The van der Waals surface area contributed by atoms with Crippen molar-refractivity contribution >= 4 is 27.4 Å². The molecule has 4 nitrogen and oxygen atoms in total. The van der Waals surface area contributed by atoms with E-state index in [4.69, 9.17) is 4.74 Å². The van der Waals surface area contributed by atoms with Gasteiger partial charge in [-0.25, -0.2) is 14.4 Å². The van der Waals surface area contributed by atoms with Gasteiger partial charge in [0.05, 0.1) is 19.0 Å². The summed E-state index contributed by atoms with van der Waals surface area (Å²) < 4.78 is 19.4. The Morgan fingerprint density at radius 1 is 1.33 bits per heavy atom. The summed E-state index contributed by atoms with van der Waals surface area (Å²) in [5.74, 6) is 0.374. The summed E-state index contributed by atoms with van der Waals surface area (Å²) in [6.07, 6.45) is 3.12. The molecular formula is C12H11BrFN3O. The highest BCUT2D eigenvalue weighted by Gasteiger charge is 2.04. The van der Waals surface area contributed by atoms with Crippen molar-refractivity contribution in [1.82, 2.24) is 9.97 Å². The molecule has 0 bridgehead atoms. The standard InChI is InChI=1S/C12H11BrFN3O/c1-2-18-10-4-3-8(5-9(10)14)17-12-7-15-11(13)6-16-12/h3-7H,2H2,1H3,(H,16,17). The number of aromatic nitrogens is 2. The molecule has 0 aliphatic heterocycles. The van der Waals surface area contributed by atoms with Crippen molar-refractivity contribution in [3.05, 3.63) is 41.0 Å². The number of benzene rings is 1. The molecule has 0 amide bonds. The van der Waals surface area contributed by atoms with E-state index in [1.54, 1.807) is 24.5 Å². The second-order valence-corrected chi connectivity index (χ2v) is 4.24. The Bertz CT molecular complexity index is 533. The van der Waals surface area contributed by atoms with Gasteiger partial charge in [-0.3, -0.25) is 0 Å². The lowest BCUT2D eigenvalue weighted by Gasteiger charge is -2.08. The van der Waals surface area contributed by atoms with Crippen molar-refractivity contribution in [2.75, 3.05) is 11.9 Å². The van der Waals surface area contributed by atoms with Gasteiger partial charge in [-0.15, -0.1) is 0 Å². The Balaban J connectivity index is 2.14. The molecule has 1 aromatic heterocycles. The molecule has 1 heterocycles. The second-order valence-electron chi connectivity index (χ2n) is 3.43. The first-order chi connectivity index (χ1) is 8.69. The molecule has 6 heteroatoms. The van der Waals surface area contributed by atoms with Gasteiger partial charge in [0, 0.05) is 11.8 Å². The molecule has 2 aromatic rings. The molecule has 1 aromatic carbocycles. The third-order valence-electron chi connectivity index (χ3n) is 2.12. The van der Waals surface area contributed by atoms with E-state index in [1.165, 1.54) is 6.07 Å². The van der Waals surface area contributed by atoms with E-state index in [-0.39, 0.29) is 5.75 Å². The van der Waals surface area contributed by atoms with Gasteiger partial charge < -0.3 is 10.1 Å². The molecule has 0 atom stereocenters. The van der Waals surface area contributed by atoms with E-state index in [9.17, 15) is 4.39 Å². The van der Waals surface area contributed by atoms with Gasteiger partial charge in [0.15, 0.2) is 11.6 Å². The normalized spacial score (nSPS) is 10.2. The van der Waals surface area contributed by atoms with E-state index in [0.717, 1.165) is 0 Å². The van der Waals surface area contributed by atoms with Gasteiger partial charge in [0.25, 0.3) is 0 Å². The fourth-order valence-electron chi connectivity index (χ4n) is 1.38. The van der Waals surface area contributed by atoms with Crippen LogP contribution in [0.15, 0.2) is 35.2 Å². The lowest BCUT2D eigenvalue weighted by Crippen LogP contribution is -1.98. The quantitative estimate of drug-likeness (QED) is 0.938. The highest BCUT2D eigenvalue weighted by atomic mass is 79.9. The lowest BCUT2D eigenvalue weighted by molar-refractivity contribution is 0.321. The zero-order valence-electron chi connectivity index (χ0n) is 9.65. The molecule has 94 valence electrons. The van der Waals surface area contributed by atoms with E-state index in [1.807, 2.05) is 6.92 Å². The summed E-state index contributed by atoms with van der Waals surface area (Å²) in [4.78, 5) is 8.11. The smallest absolute Gasteiger partial charge is 0.167 e. The van der Waals surface area contributed by atoms with Crippen LogP contribution in [0.5, 0.6) is 5.75 Å². The maximum absolute atomic E-state index is 13.6. The number of hydrogen-bond donors (Lipinski definition) is 1. The summed E-state index contributed by atoms with van der Waals surface area (Å²) in [5.41, 5.74) is 0.590. The molecule has 0 aliphatic rings. The van der Waals surface area contributed by atoms with Crippen LogP contribution in [0.4, 0.5) is 15.9 Å². The van der Waals surface area contributed by atoms with E-state index < -0.39 is 5.82 Å². The van der Waals surface area contributed by atoms with Crippen molar-refractivity contribution in [2.24, 2.45) is 0 Å². The van der Waals surface area contributed by atoms with Crippen molar-refractivity contribution < 1.29 is 9.13 Å². The number of hydrogen-bond acceptors (Lipinski definition) is 4. The van der Waals surface area contributed by atoms with Crippen LogP contribution in [0.1, 0.15) is 6.92 Å². The highest BCUT2D eigenvalue weighted by Crippen LogP contribution is 2.23. The van der Waals surface area contributed by atoms with Gasteiger partial charge in [-0.1, -0.05) is 0 Å². The molecule has 0 unspecified atom stereocenters. The number of nitrogens with one attached hydrogen (secondary N) is 1. The number of nitrogens with zero attached hydrogens (tertiary/aromatic N) is 2. The molecule has 2 rings (SSSR count). The Morgan fingerprint density at radius 3 is 2.78 bits per heavy atom. The maximum Gasteiger partial charge on any atom is 0.167 e. The van der Waals surface area contributed by atoms with Crippen LogP contribution in [-0.4, -0.2) is 16.6 Å². The van der Waals surface area contributed by atoms with Crippen molar-refractivity contribution in [1.29, 1.82) is 0 Å². The molecule has 18 heavy (non-hydrogen) atoms. The summed E-state index contributed by atoms with van der Waals surface area (Å²) in [6.45, 7) is 2.24. The first-order valence-electron chi connectivity index (χ1n) is 5.36. The zero-order chi connectivity index (χ0) is 13.0. The molecule has 0 saturated heterocycles. The summed E-state index contributed by atoms with van der Waals surface area (Å²) >= 11 is 3.19. The van der Waals surface area contributed by atoms with Crippen molar-refractivity contribution in [3.63, 3.8) is 0 Å². The average molecular weight is 312 g/mol. The van der Waals surface area contributed by atoms with Crippen LogP contribution >= 0.6 is 15.9 Å². The van der Waals surface area contributed by atoms with Crippen LogP contribution in [0, 0.1) is 5.82 Å². The fraction of sp³-hybridized carbons (Fsp3) is 0.167. The Labute approximate surface area is 112 Å². The molecule has 0 radical (unpaired) electrons. The molecule has 0 aliphatic carbocycles. The van der Waals surface area contributed by atoms with Crippen LogP contribution < -0.4 is 10.1 Å². The van der Waals surface area contributed by atoms with E-state index in [2.05, 4.69) is 31.2 Å². The fourth-order valence-corrected chi connectivity index (χ4v) is 1.58. The van der Waals surface area contributed by atoms with E-state index >= 15 is 0 Å². The minimum atomic E-state index is -0.410. The predicted molar refractivity (Wildman–Crippen MR) is 70.6 cm³/mol. The van der Waals surface area contributed by atoms with Crippen LogP contribution in [-0.2, 0) is 0 Å². The Kier molecular flexibility index (Phi) is 4.09. The summed E-state index contributed by atoms with van der Waals surface area (Å²) in [5, 5.41) is 2.95. The summed E-state index contributed by atoms with van der Waals surface area (Å²) in [6, 6.07) is 4.65. The first-order valence-corrected chi connectivity index (χ1v) is 6.15. The van der Waals surface area contributed by atoms with Crippen molar-refractivity contribution in [3.8, 4) is 5.75 Å². The van der Waals surface area contributed by atoms with E-state index in [0.29, 0.717) is 22.7 Å². The maximum atomic E-state index is 13.6. The van der Waals surface area contributed by atoms with Gasteiger partial charge >= 0.3 is 0 Å². The third kappa shape index (κ3) is 3.16. The molecule has 1 N–H and O–H groups in total. The number of ether oxygens (including phenoxy) is 1. The second kappa shape index (κ2) is 5.77. The SMILES string of the molecule is CCOc1ccc(Nc2cnc(Br)cn2)cc1F. The topological polar surface area (TPSA) is 47.0 Å². The lowest BCUT2D eigenvalue weighted by atomic mass is 10.3. The Morgan fingerprint density at radius 2 is 2.17 bits per heavy atom. The molecule has 0 saturated carbocycles. The minimum absolute atomic E-state index is 0.241. The number of rotatable bonds is 4. The van der Waals surface area contributed by atoms with Gasteiger partial charge in [-0.2, -0.15) is 0 Å². The zero-order valence-corrected chi connectivity index (χ0v) is 11.2. The predicted octanol–water partition coefficient (Wildman–Crippen LogP) is 3.52. The first kappa shape index (κ1) is 12.8. The Hall–Kier alpha value is -1.69. The average Bonchev–Trinajstić information content (AvgIpc) is 2.36. The molecule has 0 fully saturated rings. The number of anilines is 2. The van der Waals surface area contributed by atoms with Crippen LogP contribution in [0.2, 0.25) is 0 Å². The van der Waals surface area contributed by atoms with Crippen LogP contribution in [0.25, 0.3) is 0 Å². The summed E-state index contributed by atoms with van der Waals surface area (Å²) in [7, 11) is 0. The largest absolute Gasteiger partial charge is 0.491 e. The molecular weight excluding hydrogens is 301 g/mol. The minimum Gasteiger partial charge on any atom is -0.491 e. The third-order valence-corrected chi connectivity index (χ3v) is 2.53. The highest BCUT2D eigenvalue weighted by molar-refractivity contribution is 9.10. The number of halogens is 2. The van der Waals surface area contributed by atoms with Crippen molar-refractivity contribution in [2.45, 2.75) is 6.92 Å². The van der Waals surface area contributed by atoms with Gasteiger partial charge in [0.2, 0.25) is 0 Å². The van der Waals surface area contributed by atoms with Gasteiger partial charge in [0.1, 0.15) is 10.4 Å². The van der Waals surface area contributed by atoms with Gasteiger partial charge in [-0.05, 0) is 35.0 Å². The van der Waals surface area contributed by atoms with Crippen LogP contribution in [0.3, 0.4) is 0 Å². The monoisotopic (exact) mass is 311 g/mol.